The Kier molecular flexibility index (Phi) is 4.01. The van der Waals surface area contributed by atoms with Crippen LogP contribution in [0.2, 0.25) is 0 Å². The number of hydrogen-bond donors (Lipinski definition) is 0. The molecular weight excluding hydrogens is 302 g/mol. The Morgan fingerprint density at radius 1 is 0.875 bits per heavy atom. The van der Waals surface area contributed by atoms with Gasteiger partial charge in [0.25, 0.3) is 0 Å². The summed E-state index contributed by atoms with van der Waals surface area (Å²) in [5.74, 6) is -0.00458. The average molecular weight is 321 g/mol. The summed E-state index contributed by atoms with van der Waals surface area (Å²) >= 11 is 0. The number of rotatable bonds is 3. The fourth-order valence-electron chi connectivity index (χ4n) is 3.11. The summed E-state index contributed by atoms with van der Waals surface area (Å²) in [6.45, 7) is 11.0. The monoisotopic (exact) mass is 321 g/mol. The van der Waals surface area contributed by atoms with Crippen LogP contribution < -0.4 is 9.80 Å². The second-order valence-corrected chi connectivity index (χ2v) is 6.03. The zero-order valence-electron chi connectivity index (χ0n) is 14.2. The molecule has 1 aliphatic rings. The Morgan fingerprint density at radius 3 is 1.79 bits per heavy atom. The van der Waals surface area contributed by atoms with E-state index in [1.54, 1.807) is 4.90 Å². The lowest BCUT2D eigenvalue weighted by atomic mass is 10.1. The second-order valence-electron chi connectivity index (χ2n) is 6.03. The van der Waals surface area contributed by atoms with Crippen LogP contribution in [0, 0.1) is 44.5 Å². The van der Waals surface area contributed by atoms with Gasteiger partial charge in [0.2, 0.25) is 0 Å². The highest BCUT2D eigenvalue weighted by atomic mass is 16.6. The second kappa shape index (κ2) is 6.00. The minimum Gasteiger partial charge on any atom is -0.358 e. The van der Waals surface area contributed by atoms with Crippen molar-refractivity contribution < 1.29 is 4.92 Å². The number of nitrogens with zero attached hydrogens (tertiary/aromatic N) is 3. The van der Waals surface area contributed by atoms with Gasteiger partial charge >= 0.3 is 12.5 Å². The van der Waals surface area contributed by atoms with Crippen molar-refractivity contribution in [1.29, 1.82) is 0 Å². The van der Waals surface area contributed by atoms with Gasteiger partial charge in [-0.2, -0.15) is 4.90 Å². The molecular formula is C19H19N3O2. The van der Waals surface area contributed by atoms with E-state index < -0.39 is 0 Å². The van der Waals surface area contributed by atoms with E-state index in [0.29, 0.717) is 0 Å². The van der Waals surface area contributed by atoms with E-state index in [0.717, 1.165) is 33.6 Å². The lowest BCUT2D eigenvalue weighted by Gasteiger charge is -2.20. The molecule has 2 radical (unpaired) electrons. The first-order valence-electron chi connectivity index (χ1n) is 7.74. The first-order chi connectivity index (χ1) is 11.4. The molecule has 24 heavy (non-hydrogen) atoms. The summed E-state index contributed by atoms with van der Waals surface area (Å²) in [7, 11) is 0. The Hall–Kier alpha value is -2.82. The number of anilines is 2. The Balaban J connectivity index is 2.09. The molecule has 3 rings (SSSR count). The maximum Gasteiger partial charge on any atom is 0.342 e. The topological polar surface area (TPSA) is 49.6 Å². The van der Waals surface area contributed by atoms with E-state index >= 15 is 0 Å². The first-order valence-corrected chi connectivity index (χ1v) is 7.74. The number of benzene rings is 2. The minimum atomic E-state index is -0.369. The zero-order valence-corrected chi connectivity index (χ0v) is 14.2. The predicted molar refractivity (Wildman–Crippen MR) is 95.1 cm³/mol. The molecule has 122 valence electrons. The number of nitro groups is 1. The molecule has 0 unspecified atom stereocenters. The average Bonchev–Trinajstić information content (AvgIpc) is 2.91. The summed E-state index contributed by atoms with van der Waals surface area (Å²) in [5.41, 5.74) is 5.76. The van der Waals surface area contributed by atoms with Crippen molar-refractivity contribution in [3.63, 3.8) is 0 Å². The van der Waals surface area contributed by atoms with Crippen molar-refractivity contribution >= 4 is 11.4 Å². The van der Waals surface area contributed by atoms with Gasteiger partial charge < -0.3 is 10.1 Å². The molecule has 0 fully saturated rings. The maximum atomic E-state index is 11.6. The van der Waals surface area contributed by atoms with Gasteiger partial charge in [-0.15, -0.1) is 0 Å². The van der Waals surface area contributed by atoms with Crippen molar-refractivity contribution in [2.45, 2.75) is 27.7 Å². The molecule has 0 aromatic heterocycles. The van der Waals surface area contributed by atoms with Gasteiger partial charge in [0, 0.05) is 0 Å². The Labute approximate surface area is 142 Å². The van der Waals surface area contributed by atoms with E-state index in [1.807, 2.05) is 64.1 Å². The van der Waals surface area contributed by atoms with E-state index in [4.69, 9.17) is 0 Å². The van der Waals surface area contributed by atoms with Crippen LogP contribution >= 0.6 is 0 Å². The van der Waals surface area contributed by atoms with Crippen molar-refractivity contribution in [3.05, 3.63) is 87.5 Å². The van der Waals surface area contributed by atoms with Crippen LogP contribution in [0.3, 0.4) is 0 Å². The highest BCUT2D eigenvalue weighted by molar-refractivity contribution is 5.71. The molecule has 0 saturated heterocycles. The fraction of sp³-hybridized carbons (Fsp3) is 0.211. The summed E-state index contributed by atoms with van der Waals surface area (Å²) < 4.78 is 0. The summed E-state index contributed by atoms with van der Waals surface area (Å²) in [4.78, 5) is 14.5. The first kappa shape index (κ1) is 16.1. The smallest absolute Gasteiger partial charge is 0.342 e. The van der Waals surface area contributed by atoms with Crippen LogP contribution in [0.5, 0.6) is 0 Å². The van der Waals surface area contributed by atoms with Gasteiger partial charge in [-0.3, -0.25) is 4.90 Å². The Bertz CT molecular complexity index is 802. The van der Waals surface area contributed by atoms with Crippen LogP contribution in [0.15, 0.2) is 48.4 Å². The highest BCUT2D eigenvalue weighted by Crippen LogP contribution is 2.37. The number of para-hydroxylation sites is 2. The molecule has 0 saturated carbocycles. The normalized spacial score (nSPS) is 14.1. The van der Waals surface area contributed by atoms with Crippen LogP contribution in [0.1, 0.15) is 22.3 Å². The van der Waals surface area contributed by atoms with Gasteiger partial charge in [-0.05, 0) is 54.9 Å². The molecule has 5 nitrogen and oxygen atoms in total. The van der Waals surface area contributed by atoms with Crippen LogP contribution in [-0.2, 0) is 0 Å². The molecule has 0 N–H and O–H groups in total. The summed E-state index contributed by atoms with van der Waals surface area (Å²) in [6.07, 6.45) is 1.53. The number of aryl methyl sites for hydroxylation is 4. The summed E-state index contributed by atoms with van der Waals surface area (Å²) in [5, 5.41) is 11.6. The molecule has 1 aliphatic heterocycles. The lowest BCUT2D eigenvalue weighted by Crippen LogP contribution is -2.25. The van der Waals surface area contributed by atoms with Crippen LogP contribution in [-0.4, -0.2) is 4.92 Å². The molecule has 0 amide bonds. The predicted octanol–water partition coefficient (Wildman–Crippen LogP) is 4.32. The van der Waals surface area contributed by atoms with Gasteiger partial charge in [0.15, 0.2) is 0 Å². The molecule has 0 aliphatic carbocycles. The van der Waals surface area contributed by atoms with Gasteiger partial charge in [0.1, 0.15) is 11.9 Å². The molecule has 0 atom stereocenters. The van der Waals surface area contributed by atoms with Crippen LogP contribution in [0.25, 0.3) is 0 Å². The van der Waals surface area contributed by atoms with E-state index in [1.165, 1.54) is 11.1 Å². The van der Waals surface area contributed by atoms with Crippen molar-refractivity contribution in [2.75, 3.05) is 9.80 Å². The van der Waals surface area contributed by atoms with Crippen molar-refractivity contribution in [3.8, 4) is 0 Å². The third-order valence-electron chi connectivity index (χ3n) is 4.21. The van der Waals surface area contributed by atoms with Crippen molar-refractivity contribution in [1.82, 2.24) is 0 Å². The van der Waals surface area contributed by atoms with Gasteiger partial charge in [-0.25, -0.2) is 0 Å². The van der Waals surface area contributed by atoms with Crippen molar-refractivity contribution in [2.24, 2.45) is 0 Å². The molecule has 5 heteroatoms. The quantitative estimate of drug-likeness (QED) is 0.624. The van der Waals surface area contributed by atoms with Crippen LogP contribution in [0.4, 0.5) is 11.4 Å². The molecule has 0 bridgehead atoms. The SMILES string of the molecule is Cc1cccc(C)c1N1[C]N(c2c(C)cccc2C)C([N+](=O)[O-])=C1. The van der Waals surface area contributed by atoms with Gasteiger partial charge in [0.05, 0.1) is 5.69 Å². The number of hydrogen-bond acceptors (Lipinski definition) is 4. The molecule has 2 aromatic carbocycles. The van der Waals surface area contributed by atoms with E-state index in [-0.39, 0.29) is 10.7 Å². The standard InChI is InChI=1S/C19H19N3O2/c1-13-7-5-8-14(2)18(13)20-11-17(22(23)24)21(12-20)19-15(3)9-6-10-16(19)4/h5-11H,1-4H3. The summed E-state index contributed by atoms with van der Waals surface area (Å²) in [6, 6.07) is 11.8. The third kappa shape index (κ3) is 2.62. The molecule has 0 spiro atoms. The van der Waals surface area contributed by atoms with Gasteiger partial charge in [-0.1, -0.05) is 36.4 Å². The molecule has 2 aromatic rings. The largest absolute Gasteiger partial charge is 0.358 e. The highest BCUT2D eigenvalue weighted by Gasteiger charge is 2.38. The third-order valence-corrected chi connectivity index (χ3v) is 4.21. The fourth-order valence-corrected chi connectivity index (χ4v) is 3.11. The van der Waals surface area contributed by atoms with E-state index in [2.05, 4.69) is 6.67 Å². The van der Waals surface area contributed by atoms with E-state index in [9.17, 15) is 10.1 Å². The Morgan fingerprint density at radius 2 is 1.33 bits per heavy atom. The maximum absolute atomic E-state index is 11.6. The molecule has 1 heterocycles. The lowest BCUT2D eigenvalue weighted by molar-refractivity contribution is -0.425. The zero-order chi connectivity index (χ0) is 17.4. The minimum absolute atomic E-state index is 0.00458.